The Morgan fingerprint density at radius 2 is 1.85 bits per heavy atom. The summed E-state index contributed by atoms with van der Waals surface area (Å²) in [4.78, 5) is 26.3. The molecule has 0 unspecified atom stereocenters. The highest BCUT2D eigenvalue weighted by Gasteiger charge is 2.35. The molecule has 2 heterocycles. The van der Waals surface area contributed by atoms with Gasteiger partial charge in [0.05, 0.1) is 22.9 Å². The third kappa shape index (κ3) is 5.84. The second kappa shape index (κ2) is 11.0. The van der Waals surface area contributed by atoms with Crippen molar-refractivity contribution in [3.63, 3.8) is 0 Å². The lowest BCUT2D eigenvalue weighted by atomic mass is 10.2. The van der Waals surface area contributed by atoms with Gasteiger partial charge in [0.15, 0.2) is 0 Å². The Labute approximate surface area is 198 Å². The normalized spacial score (nSPS) is 14.8. The van der Waals surface area contributed by atoms with Crippen LogP contribution in [0.25, 0.3) is 0 Å². The number of carbonyl (C=O) groups excluding carboxylic acids is 2. The van der Waals surface area contributed by atoms with Crippen LogP contribution in [0.3, 0.4) is 0 Å². The zero-order valence-corrected chi connectivity index (χ0v) is 20.2. The molecule has 0 atom stereocenters. The van der Waals surface area contributed by atoms with Crippen molar-refractivity contribution >= 4 is 39.2 Å². The van der Waals surface area contributed by atoms with Gasteiger partial charge < -0.3 is 15.0 Å². The second-order valence-corrected chi connectivity index (χ2v) is 9.70. The number of sulfonamides is 1. The summed E-state index contributed by atoms with van der Waals surface area (Å²) in [5.41, 5.74) is 0.753. The number of piperazine rings is 1. The fourth-order valence-electron chi connectivity index (χ4n) is 3.55. The summed E-state index contributed by atoms with van der Waals surface area (Å²) in [6, 6.07) is 7.41. The van der Waals surface area contributed by atoms with Crippen LogP contribution >= 0.6 is 11.6 Å². The van der Waals surface area contributed by atoms with E-state index in [1.54, 1.807) is 13.0 Å². The minimum Gasteiger partial charge on any atom is -0.465 e. The van der Waals surface area contributed by atoms with E-state index in [1.807, 2.05) is 30.0 Å². The number of benzene rings is 1. The van der Waals surface area contributed by atoms with E-state index in [2.05, 4.69) is 10.4 Å². The molecule has 1 N–H and O–H groups in total. The summed E-state index contributed by atoms with van der Waals surface area (Å²) in [6.07, 6.45) is 2.11. The number of amides is 1. The average molecular weight is 498 g/mol. The predicted octanol–water partition coefficient (Wildman–Crippen LogP) is 1.75. The van der Waals surface area contributed by atoms with Crippen LogP contribution in [-0.2, 0) is 26.1 Å². The molecule has 1 aromatic carbocycles. The van der Waals surface area contributed by atoms with Crippen molar-refractivity contribution in [3.05, 3.63) is 41.0 Å². The molecule has 2 aromatic rings. The number of esters is 1. The minimum absolute atomic E-state index is 0.0960. The number of rotatable bonds is 9. The number of ether oxygens (including phenoxy) is 1. The van der Waals surface area contributed by atoms with E-state index in [4.69, 9.17) is 16.3 Å². The largest absolute Gasteiger partial charge is 0.465 e. The molecule has 1 fully saturated rings. The molecule has 0 radical (unpaired) electrons. The molecule has 3 rings (SSSR count). The van der Waals surface area contributed by atoms with Crippen LogP contribution in [0.5, 0.6) is 0 Å². The predicted molar refractivity (Wildman–Crippen MR) is 124 cm³/mol. The van der Waals surface area contributed by atoms with Crippen molar-refractivity contribution in [3.8, 4) is 0 Å². The first kappa shape index (κ1) is 25.0. The van der Waals surface area contributed by atoms with E-state index >= 15 is 0 Å². The first-order valence-corrected chi connectivity index (χ1v) is 12.6. The lowest BCUT2D eigenvalue weighted by Crippen LogP contribution is -2.49. The summed E-state index contributed by atoms with van der Waals surface area (Å²) < 4.78 is 34.4. The van der Waals surface area contributed by atoms with Crippen molar-refractivity contribution in [2.24, 2.45) is 0 Å². The molecule has 33 heavy (non-hydrogen) atoms. The van der Waals surface area contributed by atoms with E-state index in [9.17, 15) is 18.0 Å². The molecule has 10 nitrogen and oxygen atoms in total. The van der Waals surface area contributed by atoms with Crippen LogP contribution in [0.1, 0.15) is 30.6 Å². The molecule has 0 saturated carbocycles. The van der Waals surface area contributed by atoms with Gasteiger partial charge in [-0.2, -0.15) is 9.40 Å². The van der Waals surface area contributed by atoms with E-state index < -0.39 is 21.9 Å². The van der Waals surface area contributed by atoms with E-state index in [1.165, 1.54) is 15.2 Å². The van der Waals surface area contributed by atoms with Crippen LogP contribution in [0.4, 0.5) is 5.69 Å². The molecule has 1 amide bonds. The summed E-state index contributed by atoms with van der Waals surface area (Å²) in [5.74, 6) is -1.30. The lowest BCUT2D eigenvalue weighted by molar-refractivity contribution is -0.141. The van der Waals surface area contributed by atoms with Crippen LogP contribution in [-0.4, -0.2) is 73.7 Å². The average Bonchev–Trinajstić information content (AvgIpc) is 3.23. The maximum Gasteiger partial charge on any atom is 0.325 e. The summed E-state index contributed by atoms with van der Waals surface area (Å²) in [5, 5.41) is 6.90. The smallest absolute Gasteiger partial charge is 0.325 e. The van der Waals surface area contributed by atoms with Crippen LogP contribution in [0.15, 0.2) is 35.5 Å². The number of para-hydroxylation sites is 1. The third-order valence-corrected chi connectivity index (χ3v) is 7.29. The van der Waals surface area contributed by atoms with E-state index in [0.717, 1.165) is 5.69 Å². The Hall–Kier alpha value is -2.63. The fraction of sp³-hybridized carbons (Fsp3) is 0.476. The number of nitrogens with one attached hydrogen (secondary N) is 1. The Bertz CT molecular complexity index is 1100. The molecule has 1 aliphatic heterocycles. The number of halogens is 1. The van der Waals surface area contributed by atoms with Gasteiger partial charge in [0.1, 0.15) is 6.54 Å². The zero-order chi connectivity index (χ0) is 24.0. The Balaban J connectivity index is 1.78. The van der Waals surface area contributed by atoms with Gasteiger partial charge in [-0.05, 0) is 25.5 Å². The van der Waals surface area contributed by atoms with E-state index in [-0.39, 0.29) is 36.8 Å². The van der Waals surface area contributed by atoms with Gasteiger partial charge in [-0.1, -0.05) is 30.7 Å². The van der Waals surface area contributed by atoms with Gasteiger partial charge in [-0.3, -0.25) is 14.3 Å². The lowest BCUT2D eigenvalue weighted by Gasteiger charge is -2.35. The molecule has 1 aromatic heterocycles. The maximum absolute atomic E-state index is 13.4. The summed E-state index contributed by atoms with van der Waals surface area (Å²) in [6.45, 7) is 5.19. The summed E-state index contributed by atoms with van der Waals surface area (Å²) in [7, 11) is -4.03. The van der Waals surface area contributed by atoms with Crippen molar-refractivity contribution in [2.75, 3.05) is 44.2 Å². The molecular weight excluding hydrogens is 470 g/mol. The first-order chi connectivity index (χ1) is 15.8. The monoisotopic (exact) mass is 497 g/mol. The van der Waals surface area contributed by atoms with Crippen molar-refractivity contribution in [2.45, 2.75) is 31.8 Å². The van der Waals surface area contributed by atoms with Crippen LogP contribution in [0, 0.1) is 0 Å². The first-order valence-electron chi connectivity index (χ1n) is 10.8. The summed E-state index contributed by atoms with van der Waals surface area (Å²) >= 11 is 6.28. The number of aryl methyl sites for hydroxylation is 1. The number of aromatic nitrogens is 2. The van der Waals surface area contributed by atoms with Crippen molar-refractivity contribution < 1.29 is 22.7 Å². The van der Waals surface area contributed by atoms with Crippen molar-refractivity contribution in [1.82, 2.24) is 19.4 Å². The fourth-order valence-corrected chi connectivity index (χ4v) is 5.33. The van der Waals surface area contributed by atoms with Crippen LogP contribution < -0.4 is 10.2 Å². The second-order valence-electron chi connectivity index (χ2n) is 7.44. The molecule has 1 aliphatic rings. The van der Waals surface area contributed by atoms with E-state index in [0.29, 0.717) is 31.1 Å². The molecule has 0 spiro atoms. The van der Waals surface area contributed by atoms with Crippen LogP contribution in [0.2, 0.25) is 5.02 Å². The van der Waals surface area contributed by atoms with Crippen molar-refractivity contribution in [1.29, 1.82) is 0 Å². The zero-order valence-electron chi connectivity index (χ0n) is 18.7. The highest BCUT2D eigenvalue weighted by Crippen LogP contribution is 2.27. The number of hydrogen-bond donors (Lipinski definition) is 1. The number of anilines is 1. The molecule has 0 bridgehead atoms. The van der Waals surface area contributed by atoms with Gasteiger partial charge in [0, 0.05) is 38.9 Å². The highest BCUT2D eigenvalue weighted by atomic mass is 35.5. The van der Waals surface area contributed by atoms with Gasteiger partial charge in [0.2, 0.25) is 5.03 Å². The Morgan fingerprint density at radius 1 is 1.15 bits per heavy atom. The SMILES string of the molecule is CCCn1cc(C(=O)NCC(=O)OCC)c(S(=O)(=O)N2CCN(c3ccccc3Cl)CC2)n1. The number of carbonyl (C=O) groups is 2. The third-order valence-electron chi connectivity index (χ3n) is 5.14. The van der Waals surface area contributed by atoms with Gasteiger partial charge in [-0.25, -0.2) is 8.42 Å². The molecule has 180 valence electrons. The maximum atomic E-state index is 13.4. The highest BCUT2D eigenvalue weighted by molar-refractivity contribution is 7.89. The number of nitrogens with zero attached hydrogens (tertiary/aromatic N) is 4. The van der Waals surface area contributed by atoms with Gasteiger partial charge in [-0.15, -0.1) is 0 Å². The molecular formula is C21H28ClN5O5S. The number of hydrogen-bond acceptors (Lipinski definition) is 7. The Morgan fingerprint density at radius 3 is 2.48 bits per heavy atom. The molecule has 0 aliphatic carbocycles. The van der Waals surface area contributed by atoms with Gasteiger partial charge >= 0.3 is 5.97 Å². The van der Waals surface area contributed by atoms with Gasteiger partial charge in [0.25, 0.3) is 15.9 Å². The topological polar surface area (TPSA) is 114 Å². The molecule has 1 saturated heterocycles. The molecule has 12 heteroatoms. The minimum atomic E-state index is -4.03. The Kier molecular flexibility index (Phi) is 8.33. The quantitative estimate of drug-likeness (QED) is 0.525. The standard InChI is InChI=1S/C21H28ClN5O5S/c1-3-9-26-15-16(20(29)23-14-19(28)32-4-2)21(24-26)33(30,31)27-12-10-25(11-13-27)18-8-6-5-7-17(18)22/h5-8,15H,3-4,9-14H2,1-2H3,(H,23,29).